The van der Waals surface area contributed by atoms with Crippen molar-refractivity contribution in [3.05, 3.63) is 39.3 Å². The number of nitrogens with zero attached hydrogens (tertiary/aromatic N) is 4. The van der Waals surface area contributed by atoms with E-state index in [4.69, 9.17) is 33.3 Å². The number of rotatable bonds is 8. The van der Waals surface area contributed by atoms with E-state index in [9.17, 15) is 9.59 Å². The van der Waals surface area contributed by atoms with E-state index in [1.807, 2.05) is 11.4 Å². The van der Waals surface area contributed by atoms with Crippen LogP contribution in [0.2, 0.25) is 10.0 Å². The molecule has 3 aliphatic rings. The summed E-state index contributed by atoms with van der Waals surface area (Å²) >= 11 is 16.0. The van der Waals surface area contributed by atoms with Gasteiger partial charge >= 0.3 is 5.97 Å². The highest BCUT2D eigenvalue weighted by atomic mass is 35.5. The Bertz CT molecular complexity index is 1440. The number of hydrogen-bond donors (Lipinski definition) is 2. The third-order valence-corrected chi connectivity index (χ3v) is 11.8. The first-order valence-electron chi connectivity index (χ1n) is 15.3. The van der Waals surface area contributed by atoms with Gasteiger partial charge in [0.1, 0.15) is 16.5 Å². The Hall–Kier alpha value is -2.40. The van der Waals surface area contributed by atoms with Crippen LogP contribution in [-0.2, 0) is 4.79 Å². The highest BCUT2D eigenvalue weighted by Crippen LogP contribution is 2.44. The maximum absolute atomic E-state index is 13.3. The van der Waals surface area contributed by atoms with Crippen molar-refractivity contribution in [2.45, 2.75) is 64.2 Å². The Kier molecular flexibility index (Phi) is 9.76. The summed E-state index contributed by atoms with van der Waals surface area (Å²) in [4.78, 5) is 39.2. The average molecular weight is 663 g/mol. The summed E-state index contributed by atoms with van der Waals surface area (Å²) in [5, 5.41) is 16.7. The molecule has 230 valence electrons. The molecule has 1 saturated carbocycles. The number of carbonyl (C=O) groups is 2. The van der Waals surface area contributed by atoms with E-state index in [-0.39, 0.29) is 18.2 Å². The number of aromatic nitrogens is 2. The summed E-state index contributed by atoms with van der Waals surface area (Å²) in [6.45, 7) is 3.37. The number of carboxylic acid groups (broad SMARTS) is 1. The minimum atomic E-state index is -0.761. The number of aliphatic carboxylic acids is 1. The maximum atomic E-state index is 13.3. The monoisotopic (exact) mass is 661 g/mol. The van der Waals surface area contributed by atoms with Crippen molar-refractivity contribution in [2.75, 3.05) is 41.3 Å². The largest absolute Gasteiger partial charge is 0.481 e. The fourth-order valence-corrected chi connectivity index (χ4v) is 9.35. The lowest BCUT2D eigenvalue weighted by Gasteiger charge is -2.38. The van der Waals surface area contributed by atoms with Crippen molar-refractivity contribution in [3.8, 4) is 10.6 Å². The smallest absolute Gasteiger partial charge is 0.303 e. The molecule has 3 aromatic heterocycles. The van der Waals surface area contributed by atoms with Crippen molar-refractivity contribution in [2.24, 2.45) is 17.8 Å². The van der Waals surface area contributed by atoms with E-state index in [2.05, 4.69) is 20.1 Å². The molecule has 43 heavy (non-hydrogen) atoms. The highest BCUT2D eigenvalue weighted by Gasteiger charge is 2.30. The first kappa shape index (κ1) is 30.6. The molecule has 3 fully saturated rings. The number of anilines is 3. The number of nitrogens with one attached hydrogen (secondary N) is 1. The second-order valence-corrected chi connectivity index (χ2v) is 14.8. The molecule has 1 aliphatic carbocycles. The van der Waals surface area contributed by atoms with Gasteiger partial charge in [-0.05, 0) is 55.6 Å². The normalized spacial score (nSPS) is 19.1. The predicted molar refractivity (Wildman–Crippen MR) is 176 cm³/mol. The lowest BCUT2D eigenvalue weighted by molar-refractivity contribution is -0.138. The van der Waals surface area contributed by atoms with Crippen LogP contribution in [0.1, 0.15) is 74.6 Å². The quantitative estimate of drug-likeness (QED) is 0.250. The van der Waals surface area contributed by atoms with Gasteiger partial charge in [0.15, 0.2) is 5.13 Å². The Labute approximate surface area is 270 Å². The molecule has 0 aromatic carbocycles. The van der Waals surface area contributed by atoms with Gasteiger partial charge in [-0.3, -0.25) is 14.9 Å². The molecule has 2 saturated heterocycles. The molecular weight excluding hydrogens is 625 g/mol. The second kappa shape index (κ2) is 13.7. The number of amides is 1. The molecule has 0 unspecified atom stereocenters. The molecule has 0 spiro atoms. The fraction of sp³-hybridized carbons (Fsp3) is 0.548. The number of halogens is 2. The van der Waals surface area contributed by atoms with Gasteiger partial charge in [0, 0.05) is 44.2 Å². The van der Waals surface area contributed by atoms with Crippen molar-refractivity contribution in [1.29, 1.82) is 0 Å². The molecule has 2 N–H and O–H groups in total. The molecular formula is C31H37Cl2N5O3S2. The third-order valence-electron chi connectivity index (χ3n) is 9.24. The van der Waals surface area contributed by atoms with Gasteiger partial charge in [0.05, 0.1) is 20.5 Å². The molecule has 6 rings (SSSR count). The standard InChI is InChI=1S/C31H37Cl2N5O3S2/c32-23-16-25(42-18-23)27-30(38-12-8-21(9-13-38)20-4-2-1-3-5-20)43-31(35-27)36-29(41)22-15-24(33)28(34-17-22)37-10-6-19(7-11-37)14-26(39)40/h15-21H,1-14H2,(H,39,40)(H,35,36,41). The Morgan fingerprint density at radius 3 is 2.30 bits per heavy atom. The summed E-state index contributed by atoms with van der Waals surface area (Å²) in [5.74, 6) is 1.39. The summed E-state index contributed by atoms with van der Waals surface area (Å²) in [7, 11) is 0. The summed E-state index contributed by atoms with van der Waals surface area (Å²) < 4.78 is 0. The van der Waals surface area contributed by atoms with E-state index in [1.54, 1.807) is 23.6 Å². The number of thiophene rings is 1. The van der Waals surface area contributed by atoms with E-state index >= 15 is 0 Å². The highest BCUT2D eigenvalue weighted by molar-refractivity contribution is 7.21. The molecule has 1 amide bonds. The zero-order chi connectivity index (χ0) is 29.9. The van der Waals surface area contributed by atoms with Gasteiger partial charge in [-0.2, -0.15) is 0 Å². The molecule has 0 radical (unpaired) electrons. The van der Waals surface area contributed by atoms with Gasteiger partial charge in [-0.15, -0.1) is 11.3 Å². The zero-order valence-corrected chi connectivity index (χ0v) is 27.2. The van der Waals surface area contributed by atoms with E-state index in [0.717, 1.165) is 53.3 Å². The summed E-state index contributed by atoms with van der Waals surface area (Å²) in [6, 6.07) is 3.59. The van der Waals surface area contributed by atoms with Crippen LogP contribution in [0.25, 0.3) is 10.6 Å². The number of hydrogen-bond acceptors (Lipinski definition) is 8. The van der Waals surface area contributed by atoms with Crippen molar-refractivity contribution in [1.82, 2.24) is 9.97 Å². The van der Waals surface area contributed by atoms with Crippen LogP contribution in [0, 0.1) is 17.8 Å². The first-order chi connectivity index (χ1) is 20.8. The Morgan fingerprint density at radius 1 is 0.953 bits per heavy atom. The van der Waals surface area contributed by atoms with Gasteiger partial charge in [0.2, 0.25) is 0 Å². The second-order valence-electron chi connectivity index (χ2n) is 12.0. The van der Waals surface area contributed by atoms with Crippen molar-refractivity contribution < 1.29 is 14.7 Å². The maximum Gasteiger partial charge on any atom is 0.303 e. The summed E-state index contributed by atoms with van der Waals surface area (Å²) in [5.41, 5.74) is 1.23. The average Bonchev–Trinajstić information content (AvgIpc) is 3.64. The summed E-state index contributed by atoms with van der Waals surface area (Å²) in [6.07, 6.45) is 12.6. The third kappa shape index (κ3) is 7.30. The minimum absolute atomic E-state index is 0.166. The lowest BCUT2D eigenvalue weighted by Crippen LogP contribution is -2.36. The number of pyridine rings is 1. The number of thiazole rings is 1. The lowest BCUT2D eigenvalue weighted by atomic mass is 9.76. The topological polar surface area (TPSA) is 98.7 Å². The van der Waals surface area contributed by atoms with E-state index in [0.29, 0.717) is 39.6 Å². The van der Waals surface area contributed by atoms with Crippen LogP contribution in [0.15, 0.2) is 23.7 Å². The number of piperidine rings is 2. The van der Waals surface area contributed by atoms with Crippen molar-refractivity contribution >= 4 is 73.7 Å². The molecule has 2 aliphatic heterocycles. The fourth-order valence-electron chi connectivity index (χ4n) is 6.91. The van der Waals surface area contributed by atoms with Crippen LogP contribution in [0.4, 0.5) is 16.0 Å². The molecule has 0 bridgehead atoms. The van der Waals surface area contributed by atoms with Crippen LogP contribution >= 0.6 is 45.9 Å². The van der Waals surface area contributed by atoms with Gasteiger partial charge in [-0.1, -0.05) is 66.6 Å². The van der Waals surface area contributed by atoms with Crippen LogP contribution in [0.5, 0.6) is 0 Å². The van der Waals surface area contributed by atoms with Gasteiger partial charge in [0.25, 0.3) is 5.91 Å². The molecule has 0 atom stereocenters. The molecule has 3 aromatic rings. The van der Waals surface area contributed by atoms with Crippen molar-refractivity contribution in [3.63, 3.8) is 0 Å². The van der Waals surface area contributed by atoms with Gasteiger partial charge < -0.3 is 14.9 Å². The Morgan fingerprint density at radius 2 is 1.65 bits per heavy atom. The van der Waals surface area contributed by atoms with E-state index < -0.39 is 5.97 Å². The number of carbonyl (C=O) groups excluding carboxylic acids is 1. The predicted octanol–water partition coefficient (Wildman–Crippen LogP) is 8.31. The first-order valence-corrected chi connectivity index (χ1v) is 17.7. The SMILES string of the molecule is O=C(O)CC1CCN(c2ncc(C(=O)Nc3nc(-c4cc(Cl)cs4)c(N4CCC(C5CCCCC5)CC4)s3)cc2Cl)CC1. The molecule has 12 heteroatoms. The number of carboxylic acids is 1. The van der Waals surface area contributed by atoms with Crippen LogP contribution in [0.3, 0.4) is 0 Å². The molecule has 8 nitrogen and oxygen atoms in total. The van der Waals surface area contributed by atoms with Crippen LogP contribution < -0.4 is 15.1 Å². The minimum Gasteiger partial charge on any atom is -0.481 e. The van der Waals surface area contributed by atoms with E-state index in [1.165, 1.54) is 56.3 Å². The Balaban J connectivity index is 1.14. The molecule has 5 heterocycles. The van der Waals surface area contributed by atoms with Gasteiger partial charge in [-0.25, -0.2) is 9.97 Å². The zero-order valence-electron chi connectivity index (χ0n) is 24.1. The van der Waals surface area contributed by atoms with Crippen LogP contribution in [-0.4, -0.2) is 53.1 Å².